The Morgan fingerprint density at radius 2 is 1.97 bits per heavy atom. The molecule has 1 aliphatic rings. The van der Waals surface area contributed by atoms with Crippen LogP contribution >= 0.6 is 46.3 Å². The Morgan fingerprint density at radius 1 is 1.18 bits per heavy atom. The molecule has 0 amide bonds. The maximum atomic E-state index is 13.9. The number of hydrogen-bond acceptors (Lipinski definition) is 5. The minimum atomic E-state index is -0.258. The van der Waals surface area contributed by atoms with Gasteiger partial charge in [0, 0.05) is 17.1 Å². The molecule has 0 fully saturated rings. The number of ether oxygens (including phenoxy) is 1. The van der Waals surface area contributed by atoms with Crippen LogP contribution in [0.5, 0.6) is 0 Å². The largest absolute Gasteiger partial charge is 0.369 e. The van der Waals surface area contributed by atoms with Crippen molar-refractivity contribution >= 4 is 56.5 Å². The standard InChI is InChI=1S/C25H22Cl2N2O2S2/c1-3-25(2)12-17-20(13-31-25)33-22-21(17)23(30)29(16-7-5-4-6-8-16)24(28-22)32-14-15-9-10-18(26)19(27)11-15/h4-11H,3,12-14H2,1-2H3/t25-/m0/s1. The number of benzene rings is 2. The molecule has 0 spiro atoms. The van der Waals surface area contributed by atoms with Crippen molar-refractivity contribution in [2.45, 2.75) is 49.8 Å². The molecule has 1 atom stereocenters. The Bertz CT molecular complexity index is 1400. The van der Waals surface area contributed by atoms with E-state index >= 15 is 0 Å². The third kappa shape index (κ3) is 4.35. The third-order valence-corrected chi connectivity index (χ3v) is 8.94. The summed E-state index contributed by atoms with van der Waals surface area (Å²) >= 11 is 15.3. The molecule has 0 saturated heterocycles. The van der Waals surface area contributed by atoms with Crippen molar-refractivity contribution in [3.63, 3.8) is 0 Å². The van der Waals surface area contributed by atoms with Crippen LogP contribution < -0.4 is 5.56 Å². The Kier molecular flexibility index (Phi) is 6.31. The van der Waals surface area contributed by atoms with E-state index in [0.29, 0.717) is 27.6 Å². The maximum Gasteiger partial charge on any atom is 0.267 e. The second-order valence-electron chi connectivity index (χ2n) is 8.36. The zero-order valence-electron chi connectivity index (χ0n) is 18.2. The van der Waals surface area contributed by atoms with Crippen LogP contribution in [0.15, 0.2) is 58.5 Å². The molecule has 0 radical (unpaired) electrons. The van der Waals surface area contributed by atoms with Gasteiger partial charge in [0.1, 0.15) is 4.83 Å². The third-order valence-electron chi connectivity index (χ3n) is 6.09. The van der Waals surface area contributed by atoms with Crippen LogP contribution in [0.1, 0.15) is 36.3 Å². The molecule has 0 aliphatic carbocycles. The number of aromatic nitrogens is 2. The van der Waals surface area contributed by atoms with Gasteiger partial charge < -0.3 is 4.74 Å². The van der Waals surface area contributed by atoms with E-state index in [9.17, 15) is 4.79 Å². The summed E-state index contributed by atoms with van der Waals surface area (Å²) in [6.07, 6.45) is 1.61. The van der Waals surface area contributed by atoms with Crippen molar-refractivity contribution in [2.75, 3.05) is 0 Å². The number of hydrogen-bond donors (Lipinski definition) is 0. The molecule has 1 aliphatic heterocycles. The average molecular weight is 518 g/mol. The Labute approximate surface area is 210 Å². The summed E-state index contributed by atoms with van der Waals surface area (Å²) in [5, 5.41) is 2.42. The first-order chi connectivity index (χ1) is 15.9. The average Bonchev–Trinajstić information content (AvgIpc) is 3.18. The van der Waals surface area contributed by atoms with Crippen molar-refractivity contribution in [2.24, 2.45) is 0 Å². The summed E-state index contributed by atoms with van der Waals surface area (Å²) in [6.45, 7) is 4.76. The second kappa shape index (κ2) is 9.08. The van der Waals surface area contributed by atoms with Crippen LogP contribution in [0.4, 0.5) is 0 Å². The highest BCUT2D eigenvalue weighted by Crippen LogP contribution is 2.39. The molecule has 5 rings (SSSR count). The fraction of sp³-hybridized carbons (Fsp3) is 0.280. The zero-order valence-corrected chi connectivity index (χ0v) is 21.4. The number of halogens is 2. The summed E-state index contributed by atoms with van der Waals surface area (Å²) in [5.74, 6) is 0.615. The van der Waals surface area contributed by atoms with E-state index in [1.807, 2.05) is 42.5 Å². The lowest BCUT2D eigenvalue weighted by atomic mass is 9.90. The van der Waals surface area contributed by atoms with Crippen LogP contribution in [0.3, 0.4) is 0 Å². The lowest BCUT2D eigenvalue weighted by molar-refractivity contribution is -0.0543. The van der Waals surface area contributed by atoms with E-state index in [0.717, 1.165) is 44.7 Å². The minimum Gasteiger partial charge on any atom is -0.369 e. The summed E-state index contributed by atoms with van der Waals surface area (Å²) in [5.41, 5.74) is 2.63. The topological polar surface area (TPSA) is 44.1 Å². The highest BCUT2D eigenvalue weighted by atomic mass is 35.5. The number of thioether (sulfide) groups is 1. The van der Waals surface area contributed by atoms with Crippen molar-refractivity contribution in [1.82, 2.24) is 9.55 Å². The van der Waals surface area contributed by atoms with Gasteiger partial charge in [-0.25, -0.2) is 4.98 Å². The molecule has 170 valence electrons. The molecule has 2 aromatic heterocycles. The molecule has 0 N–H and O–H groups in total. The molecular formula is C25H22Cl2N2O2S2. The lowest BCUT2D eigenvalue weighted by Gasteiger charge is -2.32. The number of nitrogens with zero attached hydrogens (tertiary/aromatic N) is 2. The Balaban J connectivity index is 1.64. The number of thiophene rings is 1. The van der Waals surface area contributed by atoms with Gasteiger partial charge in [0.15, 0.2) is 5.16 Å². The Morgan fingerprint density at radius 3 is 2.70 bits per heavy atom. The Hall–Kier alpha value is -1.83. The first-order valence-corrected chi connectivity index (χ1v) is 13.3. The van der Waals surface area contributed by atoms with Gasteiger partial charge in [0.2, 0.25) is 0 Å². The molecule has 0 unspecified atom stereocenters. The minimum absolute atomic E-state index is 0.0271. The van der Waals surface area contributed by atoms with Gasteiger partial charge in [-0.05, 0) is 48.7 Å². The predicted molar refractivity (Wildman–Crippen MR) is 138 cm³/mol. The van der Waals surface area contributed by atoms with E-state index in [1.165, 1.54) is 11.8 Å². The van der Waals surface area contributed by atoms with E-state index in [4.69, 9.17) is 32.9 Å². The van der Waals surface area contributed by atoms with Crippen molar-refractivity contribution in [3.05, 3.63) is 84.9 Å². The molecular weight excluding hydrogens is 495 g/mol. The van der Waals surface area contributed by atoms with Gasteiger partial charge in [-0.1, -0.05) is 66.2 Å². The summed E-state index contributed by atoms with van der Waals surface area (Å²) in [4.78, 5) is 20.8. The zero-order chi connectivity index (χ0) is 23.2. The molecule has 4 nitrogen and oxygen atoms in total. The maximum absolute atomic E-state index is 13.9. The summed E-state index contributed by atoms with van der Waals surface area (Å²) < 4.78 is 7.86. The van der Waals surface area contributed by atoms with E-state index < -0.39 is 0 Å². The van der Waals surface area contributed by atoms with Crippen molar-refractivity contribution in [3.8, 4) is 5.69 Å². The highest BCUT2D eigenvalue weighted by Gasteiger charge is 2.33. The van der Waals surface area contributed by atoms with E-state index in [-0.39, 0.29) is 11.2 Å². The van der Waals surface area contributed by atoms with E-state index in [2.05, 4.69) is 13.8 Å². The smallest absolute Gasteiger partial charge is 0.267 e. The fourth-order valence-electron chi connectivity index (χ4n) is 4.01. The van der Waals surface area contributed by atoms with Crippen LogP contribution in [0.25, 0.3) is 15.9 Å². The molecule has 33 heavy (non-hydrogen) atoms. The number of fused-ring (bicyclic) bond motifs is 3. The van der Waals surface area contributed by atoms with Crippen molar-refractivity contribution in [1.29, 1.82) is 0 Å². The molecule has 8 heteroatoms. The van der Waals surface area contributed by atoms with Crippen LogP contribution in [-0.2, 0) is 23.5 Å². The van der Waals surface area contributed by atoms with E-state index in [1.54, 1.807) is 22.0 Å². The number of para-hydroxylation sites is 1. The molecule has 4 aromatic rings. The summed E-state index contributed by atoms with van der Waals surface area (Å²) in [7, 11) is 0. The number of rotatable bonds is 5. The fourth-order valence-corrected chi connectivity index (χ4v) is 6.43. The first kappa shape index (κ1) is 22.9. The van der Waals surface area contributed by atoms with Gasteiger partial charge in [-0.15, -0.1) is 11.3 Å². The van der Waals surface area contributed by atoms with Gasteiger partial charge in [0.25, 0.3) is 5.56 Å². The van der Waals surface area contributed by atoms with Crippen LogP contribution in [0, 0.1) is 0 Å². The van der Waals surface area contributed by atoms with Gasteiger partial charge in [-0.2, -0.15) is 0 Å². The van der Waals surface area contributed by atoms with Crippen LogP contribution in [-0.4, -0.2) is 15.2 Å². The molecule has 3 heterocycles. The first-order valence-electron chi connectivity index (χ1n) is 10.7. The van der Waals surface area contributed by atoms with Gasteiger partial charge in [-0.3, -0.25) is 9.36 Å². The molecule has 2 aromatic carbocycles. The predicted octanol–water partition coefficient (Wildman–Crippen LogP) is 7.29. The highest BCUT2D eigenvalue weighted by molar-refractivity contribution is 7.98. The SMILES string of the molecule is CC[C@@]1(C)Cc2c(sc3nc(SCc4ccc(Cl)c(Cl)c4)n(-c4ccccc4)c(=O)c23)CO1. The molecule has 0 saturated carbocycles. The quantitative estimate of drug-likeness (QED) is 0.206. The van der Waals surface area contributed by atoms with Gasteiger partial charge in [0.05, 0.1) is 33.3 Å². The second-order valence-corrected chi connectivity index (χ2v) is 11.2. The monoisotopic (exact) mass is 516 g/mol. The lowest BCUT2D eigenvalue weighted by Crippen LogP contribution is -2.34. The summed E-state index contributed by atoms with van der Waals surface area (Å²) in [6, 6.07) is 15.3. The van der Waals surface area contributed by atoms with Crippen LogP contribution in [0.2, 0.25) is 10.0 Å². The van der Waals surface area contributed by atoms with Gasteiger partial charge >= 0.3 is 0 Å². The normalized spacial score (nSPS) is 17.9. The molecule has 0 bridgehead atoms. The van der Waals surface area contributed by atoms with Crippen molar-refractivity contribution < 1.29 is 4.74 Å².